The van der Waals surface area contributed by atoms with Crippen LogP contribution in [0, 0.1) is 17.2 Å². The summed E-state index contributed by atoms with van der Waals surface area (Å²) in [6, 6.07) is 2.24. The lowest BCUT2D eigenvalue weighted by Crippen LogP contribution is -2.33. The second-order valence-electron chi connectivity index (χ2n) is 5.98. The second kappa shape index (κ2) is 6.09. The van der Waals surface area contributed by atoms with E-state index >= 15 is 0 Å². The van der Waals surface area contributed by atoms with E-state index in [-0.39, 0.29) is 17.7 Å². The Labute approximate surface area is 133 Å². The highest BCUT2D eigenvalue weighted by Gasteiger charge is 2.28. The predicted molar refractivity (Wildman–Crippen MR) is 84.4 cm³/mol. The van der Waals surface area contributed by atoms with Gasteiger partial charge in [-0.05, 0) is 24.8 Å². The standard InChI is InChI=1S/C16H19N3O2S/c1-10(20)19-7-6-12-13(8-17)16(22-14(12)9-19)18-15(21)11-4-2-3-5-11/h11H,2-7,9H2,1H3,(H,18,21). The average Bonchev–Trinajstić information content (AvgIpc) is 3.13. The molecule has 3 rings (SSSR count). The molecule has 2 aliphatic rings. The molecule has 116 valence electrons. The average molecular weight is 317 g/mol. The molecule has 1 aliphatic carbocycles. The van der Waals surface area contributed by atoms with E-state index in [9.17, 15) is 14.9 Å². The first-order valence-electron chi connectivity index (χ1n) is 7.71. The minimum Gasteiger partial charge on any atom is -0.337 e. The molecule has 22 heavy (non-hydrogen) atoms. The largest absolute Gasteiger partial charge is 0.337 e. The van der Waals surface area contributed by atoms with E-state index in [0.717, 1.165) is 36.1 Å². The third kappa shape index (κ3) is 2.73. The summed E-state index contributed by atoms with van der Waals surface area (Å²) >= 11 is 1.45. The van der Waals surface area contributed by atoms with Crippen molar-refractivity contribution in [1.29, 1.82) is 5.26 Å². The first-order chi connectivity index (χ1) is 10.6. The van der Waals surface area contributed by atoms with Crippen molar-refractivity contribution in [3.05, 3.63) is 16.0 Å². The SMILES string of the molecule is CC(=O)N1CCc2c(sc(NC(=O)C3CCCC3)c2C#N)C1. The van der Waals surface area contributed by atoms with Crippen LogP contribution in [0.1, 0.15) is 48.6 Å². The zero-order chi connectivity index (χ0) is 15.7. The third-order valence-electron chi connectivity index (χ3n) is 4.58. The van der Waals surface area contributed by atoms with Gasteiger partial charge < -0.3 is 10.2 Å². The molecule has 0 atom stereocenters. The van der Waals surface area contributed by atoms with Gasteiger partial charge in [0.1, 0.15) is 11.1 Å². The van der Waals surface area contributed by atoms with Crippen LogP contribution in [0.5, 0.6) is 0 Å². The number of amides is 2. The Bertz CT molecular complexity index is 653. The summed E-state index contributed by atoms with van der Waals surface area (Å²) in [4.78, 5) is 26.6. The normalized spacial score (nSPS) is 17.9. The molecule has 5 nitrogen and oxygen atoms in total. The second-order valence-corrected chi connectivity index (χ2v) is 7.09. The number of nitrogens with one attached hydrogen (secondary N) is 1. The lowest BCUT2D eigenvalue weighted by molar-refractivity contribution is -0.129. The highest BCUT2D eigenvalue weighted by atomic mass is 32.1. The molecule has 0 spiro atoms. The fourth-order valence-corrected chi connectivity index (χ4v) is 4.50. The monoisotopic (exact) mass is 317 g/mol. The molecule has 2 heterocycles. The molecule has 1 aromatic rings. The highest BCUT2D eigenvalue weighted by molar-refractivity contribution is 7.16. The molecule has 0 radical (unpaired) electrons. The Morgan fingerprint density at radius 2 is 2.09 bits per heavy atom. The van der Waals surface area contributed by atoms with Crippen molar-refractivity contribution in [2.24, 2.45) is 5.92 Å². The maximum Gasteiger partial charge on any atom is 0.228 e. The maximum atomic E-state index is 12.3. The van der Waals surface area contributed by atoms with E-state index in [1.165, 1.54) is 11.3 Å². The summed E-state index contributed by atoms with van der Waals surface area (Å²) in [6.45, 7) is 2.75. The van der Waals surface area contributed by atoms with Crippen molar-refractivity contribution >= 4 is 28.2 Å². The molecule has 1 aromatic heterocycles. The quantitative estimate of drug-likeness (QED) is 0.911. The minimum atomic E-state index is 0.0380. The molecule has 0 saturated heterocycles. The Kier molecular flexibility index (Phi) is 4.16. The van der Waals surface area contributed by atoms with Crippen LogP contribution in [0.4, 0.5) is 5.00 Å². The summed E-state index contributed by atoms with van der Waals surface area (Å²) in [5.41, 5.74) is 1.60. The van der Waals surface area contributed by atoms with E-state index in [1.54, 1.807) is 11.8 Å². The van der Waals surface area contributed by atoms with E-state index in [1.807, 2.05) is 0 Å². The first-order valence-corrected chi connectivity index (χ1v) is 8.52. The lowest BCUT2D eigenvalue weighted by atomic mass is 10.0. The van der Waals surface area contributed by atoms with E-state index in [0.29, 0.717) is 30.1 Å². The van der Waals surface area contributed by atoms with Gasteiger partial charge in [0.2, 0.25) is 11.8 Å². The van der Waals surface area contributed by atoms with Gasteiger partial charge in [-0.1, -0.05) is 12.8 Å². The summed E-state index contributed by atoms with van der Waals surface area (Å²) in [7, 11) is 0. The topological polar surface area (TPSA) is 73.2 Å². The zero-order valence-corrected chi connectivity index (χ0v) is 13.5. The van der Waals surface area contributed by atoms with Gasteiger partial charge in [0.25, 0.3) is 0 Å². The number of anilines is 1. The van der Waals surface area contributed by atoms with Gasteiger partial charge in [0.05, 0.1) is 12.1 Å². The number of rotatable bonds is 2. The van der Waals surface area contributed by atoms with Crippen LogP contribution in [0.15, 0.2) is 0 Å². The number of hydrogen-bond donors (Lipinski definition) is 1. The van der Waals surface area contributed by atoms with Crippen molar-refractivity contribution in [3.8, 4) is 6.07 Å². The van der Waals surface area contributed by atoms with Crippen molar-refractivity contribution in [2.75, 3.05) is 11.9 Å². The lowest BCUT2D eigenvalue weighted by Gasteiger charge is -2.25. The van der Waals surface area contributed by atoms with Crippen LogP contribution in [0.2, 0.25) is 0 Å². The Hall–Kier alpha value is -1.87. The Balaban J connectivity index is 1.82. The summed E-state index contributed by atoms with van der Waals surface area (Å²) in [5, 5.41) is 13.1. The van der Waals surface area contributed by atoms with Gasteiger partial charge in [-0.15, -0.1) is 11.3 Å². The summed E-state index contributed by atoms with van der Waals surface area (Å²) in [5.74, 6) is 0.171. The fourth-order valence-electron chi connectivity index (χ4n) is 3.28. The highest BCUT2D eigenvalue weighted by Crippen LogP contribution is 2.37. The molecule has 0 unspecified atom stereocenters. The number of hydrogen-bond acceptors (Lipinski definition) is 4. The molecular formula is C16H19N3O2S. The molecule has 2 amide bonds. The molecule has 0 aromatic carbocycles. The van der Waals surface area contributed by atoms with Gasteiger partial charge in [-0.25, -0.2) is 0 Å². The van der Waals surface area contributed by atoms with Crippen molar-refractivity contribution in [2.45, 2.75) is 45.6 Å². The molecular weight excluding hydrogens is 298 g/mol. The molecule has 1 fully saturated rings. The van der Waals surface area contributed by atoms with Gasteiger partial charge in [-0.3, -0.25) is 9.59 Å². The van der Waals surface area contributed by atoms with Crippen molar-refractivity contribution < 1.29 is 9.59 Å². The molecule has 1 saturated carbocycles. The van der Waals surface area contributed by atoms with Gasteiger partial charge in [0.15, 0.2) is 0 Å². The van der Waals surface area contributed by atoms with Crippen LogP contribution in [0.3, 0.4) is 0 Å². The van der Waals surface area contributed by atoms with Gasteiger partial charge >= 0.3 is 0 Å². The number of nitriles is 1. The number of carbonyl (C=O) groups excluding carboxylic acids is 2. The van der Waals surface area contributed by atoms with Crippen LogP contribution < -0.4 is 5.32 Å². The Morgan fingerprint density at radius 3 is 2.73 bits per heavy atom. The fraction of sp³-hybridized carbons (Fsp3) is 0.562. The van der Waals surface area contributed by atoms with Crippen LogP contribution in [-0.4, -0.2) is 23.3 Å². The number of carbonyl (C=O) groups is 2. The Morgan fingerprint density at radius 1 is 1.36 bits per heavy atom. The smallest absolute Gasteiger partial charge is 0.228 e. The summed E-state index contributed by atoms with van der Waals surface area (Å²) in [6.07, 6.45) is 4.79. The third-order valence-corrected chi connectivity index (χ3v) is 5.71. The van der Waals surface area contributed by atoms with Crippen molar-refractivity contribution in [3.63, 3.8) is 0 Å². The summed E-state index contributed by atoms with van der Waals surface area (Å²) < 4.78 is 0. The van der Waals surface area contributed by atoms with E-state index in [4.69, 9.17) is 0 Å². The maximum absolute atomic E-state index is 12.3. The molecule has 6 heteroatoms. The molecule has 1 aliphatic heterocycles. The minimum absolute atomic E-state index is 0.0380. The number of nitrogens with zero attached hydrogens (tertiary/aromatic N) is 2. The predicted octanol–water partition coefficient (Wildman–Crippen LogP) is 2.65. The molecule has 1 N–H and O–H groups in total. The zero-order valence-electron chi connectivity index (χ0n) is 12.6. The van der Waals surface area contributed by atoms with Gasteiger partial charge in [-0.2, -0.15) is 5.26 Å². The van der Waals surface area contributed by atoms with Crippen LogP contribution in [0.25, 0.3) is 0 Å². The number of thiophene rings is 1. The van der Waals surface area contributed by atoms with Crippen molar-refractivity contribution in [1.82, 2.24) is 4.90 Å². The van der Waals surface area contributed by atoms with E-state index < -0.39 is 0 Å². The van der Waals surface area contributed by atoms with E-state index in [2.05, 4.69) is 11.4 Å². The molecule has 0 bridgehead atoms. The van der Waals surface area contributed by atoms with Crippen LogP contribution >= 0.6 is 11.3 Å². The number of fused-ring (bicyclic) bond motifs is 1. The van der Waals surface area contributed by atoms with Crippen LogP contribution in [-0.2, 0) is 22.6 Å². The van der Waals surface area contributed by atoms with Gasteiger partial charge in [0, 0.05) is 24.3 Å². The first kappa shape index (κ1) is 15.0.